The maximum absolute atomic E-state index is 11.6. The second-order valence-corrected chi connectivity index (χ2v) is 14.3. The minimum Gasteiger partial charge on any atom is -1.00 e. The molecule has 0 unspecified atom stereocenters. The van der Waals surface area contributed by atoms with E-state index < -0.39 is 5.97 Å². The fraction of sp³-hybridized carbons (Fsp3) is 0.432. The van der Waals surface area contributed by atoms with Crippen LogP contribution in [-0.2, 0) is 35.7 Å². The molecule has 0 aliphatic carbocycles. The molecule has 0 atom stereocenters. The smallest absolute Gasteiger partial charge is 1.00 e. The van der Waals surface area contributed by atoms with Crippen molar-refractivity contribution in [2.24, 2.45) is 11.8 Å². The Morgan fingerprint density at radius 1 is 0.556 bits per heavy atom. The van der Waals surface area contributed by atoms with Crippen LogP contribution in [-0.4, -0.2) is 125 Å². The van der Waals surface area contributed by atoms with Gasteiger partial charge in [-0.25, -0.2) is 0 Å². The first kappa shape index (κ1) is 45.6. The van der Waals surface area contributed by atoms with E-state index in [1.165, 1.54) is 35.1 Å². The molecule has 3 aliphatic heterocycles. The topological polar surface area (TPSA) is 79.7 Å². The van der Waals surface area contributed by atoms with Crippen molar-refractivity contribution in [3.05, 3.63) is 144 Å². The van der Waals surface area contributed by atoms with Crippen molar-refractivity contribution in [1.29, 1.82) is 0 Å². The Bertz CT molecular complexity index is 1440. The number of aliphatic hydroxyl groups is 1. The van der Waals surface area contributed by atoms with Crippen LogP contribution in [0.5, 0.6) is 0 Å². The van der Waals surface area contributed by atoms with Gasteiger partial charge in [-0.1, -0.05) is 121 Å². The third kappa shape index (κ3) is 16.9. The van der Waals surface area contributed by atoms with Crippen molar-refractivity contribution in [2.75, 3.05) is 72.2 Å². The number of benzene rings is 4. The summed E-state index contributed by atoms with van der Waals surface area (Å²) >= 11 is 0. The molecule has 3 saturated heterocycles. The molecule has 3 fully saturated rings. The Kier molecular flexibility index (Phi) is 22.1. The van der Waals surface area contributed by atoms with Gasteiger partial charge in [0.2, 0.25) is 0 Å². The van der Waals surface area contributed by atoms with Gasteiger partial charge < -0.3 is 16.4 Å². The van der Waals surface area contributed by atoms with E-state index >= 15 is 0 Å². The molecule has 3 aliphatic rings. The summed E-state index contributed by atoms with van der Waals surface area (Å²) in [5, 5.41) is 19.3. The number of hydrogen-bond donors (Lipinski definition) is 2. The molecule has 0 spiro atoms. The van der Waals surface area contributed by atoms with Gasteiger partial charge in [-0.05, 0) is 35.1 Å². The molecule has 54 heavy (non-hydrogen) atoms. The van der Waals surface area contributed by atoms with E-state index in [1.807, 2.05) is 36.4 Å². The van der Waals surface area contributed by atoms with Gasteiger partial charge >= 0.3 is 24.8 Å². The summed E-state index contributed by atoms with van der Waals surface area (Å²) in [6.45, 7) is 12.9. The fourth-order valence-corrected chi connectivity index (χ4v) is 7.12. The molecular formula is C44H62AlLiN4O4. The van der Waals surface area contributed by atoms with Crippen LogP contribution in [0.1, 0.15) is 36.5 Å². The Balaban J connectivity index is 0.000000321. The molecule has 10 heteroatoms. The summed E-state index contributed by atoms with van der Waals surface area (Å²) in [5.41, 5.74) is 5.16. The number of carbonyl (C=O) groups is 1. The van der Waals surface area contributed by atoms with Crippen LogP contribution in [0.2, 0.25) is 0 Å². The average molecular weight is 745 g/mol. The number of ether oxygens (including phenoxy) is 1. The molecule has 0 aromatic heterocycles. The molecular weight excluding hydrogens is 682 g/mol. The molecule has 286 valence electrons. The molecule has 3 heterocycles. The van der Waals surface area contributed by atoms with Crippen molar-refractivity contribution in [2.45, 2.75) is 39.0 Å². The fourth-order valence-electron chi connectivity index (χ4n) is 7.12. The molecule has 7 rings (SSSR count). The minimum absolute atomic E-state index is 0. The summed E-state index contributed by atoms with van der Waals surface area (Å²) in [4.78, 5) is 21.1. The first-order valence-corrected chi connectivity index (χ1v) is 19.0. The van der Waals surface area contributed by atoms with E-state index in [0.29, 0.717) is 19.0 Å². The maximum Gasteiger partial charge on any atom is 1.00 e. The molecule has 8 nitrogen and oxygen atoms in total. The van der Waals surface area contributed by atoms with Crippen molar-refractivity contribution >= 4 is 23.3 Å². The Morgan fingerprint density at radius 2 is 0.852 bits per heavy atom. The minimum atomic E-state index is -0.701. The van der Waals surface area contributed by atoms with Gasteiger partial charge in [-0.15, -0.1) is 0 Å². The SMILES string of the molecule is C1CCOC1.O=C(O)C1CN(Cc2ccccc2)CCN(Cc2ccccc2)C1.OCC1CN(Cc2ccccc2)CCN(Cc2ccccc2)C1.[AlH3].[H-].[Li+]. The van der Waals surface area contributed by atoms with Crippen LogP contribution in [0.4, 0.5) is 0 Å². The quantitative estimate of drug-likeness (QED) is 0.239. The summed E-state index contributed by atoms with van der Waals surface area (Å²) in [6.07, 6.45) is 2.56. The summed E-state index contributed by atoms with van der Waals surface area (Å²) in [5.74, 6) is -0.724. The summed E-state index contributed by atoms with van der Waals surface area (Å²) in [7, 11) is 0. The second-order valence-electron chi connectivity index (χ2n) is 14.3. The summed E-state index contributed by atoms with van der Waals surface area (Å²) < 4.78 is 4.94. The molecule has 0 saturated carbocycles. The Morgan fingerprint density at radius 3 is 1.09 bits per heavy atom. The van der Waals surface area contributed by atoms with Crippen LogP contribution in [0.15, 0.2) is 121 Å². The van der Waals surface area contributed by atoms with E-state index in [4.69, 9.17) is 4.74 Å². The number of carboxylic acids is 1. The number of aliphatic carboxylic acids is 1. The normalized spacial score (nSPS) is 17.6. The standard InChI is InChI=1S/C20H24N2O2.C20H26N2O.C4H8O.Al.Li.4H/c23-20(24)19-15-21(13-17-7-3-1-4-8-17)11-12-22(16-19)14-18-9-5-2-6-10-18;23-17-20-15-21(13-18-7-3-1-4-8-18)11-12-22(16-20)14-19-9-5-2-6-10-19;1-2-4-5-3-1;;;;;;/h1-10,19H,11-16H2,(H,23,24);1-10,20,23H,11-17H2;1-4H2;;;;;;/q;;;;+1;;;;-1. The molecule has 4 aromatic carbocycles. The average Bonchev–Trinajstić information content (AvgIpc) is 3.64. The number of nitrogens with zero attached hydrogens (tertiary/aromatic N) is 4. The van der Waals surface area contributed by atoms with E-state index in [9.17, 15) is 15.0 Å². The van der Waals surface area contributed by atoms with E-state index in [1.54, 1.807) is 0 Å². The third-order valence-electron chi connectivity index (χ3n) is 9.89. The van der Waals surface area contributed by atoms with E-state index in [0.717, 1.165) is 78.7 Å². The van der Waals surface area contributed by atoms with Crippen LogP contribution in [0.25, 0.3) is 0 Å². The number of carboxylic acid groups (broad SMARTS) is 1. The zero-order valence-electron chi connectivity index (χ0n) is 32.7. The van der Waals surface area contributed by atoms with E-state index in [-0.39, 0.29) is 50.2 Å². The van der Waals surface area contributed by atoms with Gasteiger partial charge in [-0.2, -0.15) is 0 Å². The van der Waals surface area contributed by atoms with Crippen LogP contribution >= 0.6 is 0 Å². The monoisotopic (exact) mass is 744 g/mol. The van der Waals surface area contributed by atoms with Gasteiger partial charge in [0, 0.05) is 104 Å². The molecule has 0 amide bonds. The summed E-state index contributed by atoms with van der Waals surface area (Å²) in [6, 6.07) is 41.8. The first-order valence-electron chi connectivity index (χ1n) is 19.0. The van der Waals surface area contributed by atoms with Crippen molar-refractivity contribution < 1.29 is 40.0 Å². The number of rotatable bonds is 10. The predicted octanol–water partition coefficient (Wildman–Crippen LogP) is 2.05. The third-order valence-corrected chi connectivity index (χ3v) is 9.89. The molecule has 2 N–H and O–H groups in total. The predicted molar refractivity (Wildman–Crippen MR) is 220 cm³/mol. The van der Waals surface area contributed by atoms with Crippen LogP contribution in [0, 0.1) is 11.8 Å². The van der Waals surface area contributed by atoms with Crippen molar-refractivity contribution in [1.82, 2.24) is 19.6 Å². The van der Waals surface area contributed by atoms with Gasteiger partial charge in [0.25, 0.3) is 0 Å². The maximum atomic E-state index is 11.6. The van der Waals surface area contributed by atoms with E-state index in [2.05, 4.69) is 105 Å². The largest absolute Gasteiger partial charge is 1.00 e. The molecule has 0 bridgehead atoms. The van der Waals surface area contributed by atoms with Gasteiger partial charge in [0.15, 0.2) is 17.4 Å². The molecule has 0 radical (unpaired) electrons. The first-order chi connectivity index (χ1) is 25.5. The van der Waals surface area contributed by atoms with Gasteiger partial charge in [0.1, 0.15) is 0 Å². The zero-order chi connectivity index (χ0) is 36.2. The van der Waals surface area contributed by atoms with Crippen molar-refractivity contribution in [3.8, 4) is 0 Å². The van der Waals surface area contributed by atoms with Crippen molar-refractivity contribution in [3.63, 3.8) is 0 Å². The Hall–Kier alpha value is -2.76. The van der Waals surface area contributed by atoms with Crippen LogP contribution in [0.3, 0.4) is 0 Å². The number of aliphatic hydroxyl groups excluding tert-OH is 1. The van der Waals surface area contributed by atoms with Gasteiger partial charge in [-0.3, -0.25) is 24.4 Å². The number of hydrogen-bond acceptors (Lipinski definition) is 7. The van der Waals surface area contributed by atoms with Gasteiger partial charge in [0.05, 0.1) is 5.92 Å². The molecule has 4 aromatic rings. The van der Waals surface area contributed by atoms with Crippen LogP contribution < -0.4 is 18.9 Å². The second kappa shape index (κ2) is 26.2. The Labute approximate surface area is 347 Å². The zero-order valence-corrected chi connectivity index (χ0v) is 31.7.